The van der Waals surface area contributed by atoms with Crippen LogP contribution in [0.15, 0.2) is 35.3 Å². The van der Waals surface area contributed by atoms with Crippen molar-refractivity contribution >= 4 is 11.6 Å². The monoisotopic (exact) mass is 304 g/mol. The molecule has 1 aliphatic rings. The van der Waals surface area contributed by atoms with Gasteiger partial charge in [-0.2, -0.15) is 0 Å². The van der Waals surface area contributed by atoms with Crippen molar-refractivity contribution in [2.45, 2.75) is 25.8 Å². The van der Waals surface area contributed by atoms with Crippen molar-refractivity contribution in [3.05, 3.63) is 30.3 Å². The highest BCUT2D eigenvalue weighted by atomic mass is 16.5. The number of hydrogen-bond acceptors (Lipinski definition) is 3. The summed E-state index contributed by atoms with van der Waals surface area (Å²) in [7, 11) is 1.73. The number of para-hydroxylation sites is 1. The summed E-state index contributed by atoms with van der Waals surface area (Å²) in [5, 5.41) is 6.87. The summed E-state index contributed by atoms with van der Waals surface area (Å²) in [4.78, 5) is 7.03. The molecule has 2 N–H and O–H groups in total. The van der Waals surface area contributed by atoms with Gasteiger partial charge in [0.15, 0.2) is 5.96 Å². The number of benzene rings is 1. The summed E-state index contributed by atoms with van der Waals surface area (Å²) in [6, 6.07) is 11.0. The molecule has 1 aromatic carbocycles. The van der Waals surface area contributed by atoms with Crippen LogP contribution in [0.4, 0.5) is 5.69 Å². The van der Waals surface area contributed by atoms with E-state index in [4.69, 9.17) is 4.74 Å². The Morgan fingerprint density at radius 2 is 2.18 bits per heavy atom. The Morgan fingerprint density at radius 1 is 1.36 bits per heavy atom. The van der Waals surface area contributed by atoms with E-state index in [1.54, 1.807) is 7.11 Å². The van der Waals surface area contributed by atoms with E-state index in [1.807, 2.05) is 0 Å². The van der Waals surface area contributed by atoms with E-state index in [0.717, 1.165) is 51.6 Å². The second kappa shape index (κ2) is 9.30. The van der Waals surface area contributed by atoms with E-state index in [-0.39, 0.29) is 0 Å². The van der Waals surface area contributed by atoms with Crippen LogP contribution in [-0.4, -0.2) is 51.9 Å². The third kappa shape index (κ3) is 5.22. The van der Waals surface area contributed by atoms with Gasteiger partial charge >= 0.3 is 0 Å². The molecule has 0 saturated carbocycles. The minimum Gasteiger partial charge on any atom is -0.385 e. The second-order valence-corrected chi connectivity index (χ2v) is 5.52. The van der Waals surface area contributed by atoms with Crippen LogP contribution >= 0.6 is 0 Å². The number of anilines is 1. The van der Waals surface area contributed by atoms with Crippen molar-refractivity contribution in [1.82, 2.24) is 10.6 Å². The van der Waals surface area contributed by atoms with Gasteiger partial charge in [0.25, 0.3) is 0 Å². The van der Waals surface area contributed by atoms with Crippen molar-refractivity contribution in [2.75, 3.05) is 44.8 Å². The number of hydrogen-bond donors (Lipinski definition) is 2. The lowest BCUT2D eigenvalue weighted by molar-refractivity contribution is 0.197. The third-order valence-corrected chi connectivity index (χ3v) is 3.77. The van der Waals surface area contributed by atoms with E-state index in [2.05, 4.69) is 57.8 Å². The molecule has 1 unspecified atom stereocenters. The molecule has 1 aliphatic heterocycles. The molecule has 0 aromatic heterocycles. The highest BCUT2D eigenvalue weighted by molar-refractivity contribution is 5.80. The van der Waals surface area contributed by atoms with E-state index in [1.165, 1.54) is 5.69 Å². The first kappa shape index (κ1) is 16.6. The van der Waals surface area contributed by atoms with Gasteiger partial charge in [-0.05, 0) is 31.9 Å². The average Bonchev–Trinajstić information content (AvgIpc) is 3.01. The fraction of sp³-hybridized carbons (Fsp3) is 0.588. The smallest absolute Gasteiger partial charge is 0.191 e. The van der Waals surface area contributed by atoms with Gasteiger partial charge in [0, 0.05) is 51.6 Å². The van der Waals surface area contributed by atoms with Crippen molar-refractivity contribution in [2.24, 2.45) is 4.99 Å². The number of guanidine groups is 1. The molecule has 0 radical (unpaired) electrons. The topological polar surface area (TPSA) is 48.9 Å². The molecule has 0 aliphatic carbocycles. The first-order valence-electron chi connectivity index (χ1n) is 8.17. The summed E-state index contributed by atoms with van der Waals surface area (Å²) in [6.45, 7) is 6.63. The molecule has 1 atom stereocenters. The van der Waals surface area contributed by atoms with Crippen molar-refractivity contribution in [3.63, 3.8) is 0 Å². The zero-order valence-corrected chi connectivity index (χ0v) is 13.7. The van der Waals surface area contributed by atoms with Crippen molar-refractivity contribution < 1.29 is 4.74 Å². The van der Waals surface area contributed by atoms with Gasteiger partial charge in [-0.25, -0.2) is 0 Å². The van der Waals surface area contributed by atoms with Gasteiger partial charge in [0.2, 0.25) is 0 Å². The Balaban J connectivity index is 1.83. The SMILES string of the molecule is CCNC(=NCCCOC)NC1CCN(c2ccccc2)C1. The first-order valence-corrected chi connectivity index (χ1v) is 8.17. The molecule has 5 nitrogen and oxygen atoms in total. The van der Waals surface area contributed by atoms with Crippen LogP contribution in [0.2, 0.25) is 0 Å². The molecule has 0 spiro atoms. The van der Waals surface area contributed by atoms with Crippen LogP contribution in [0, 0.1) is 0 Å². The van der Waals surface area contributed by atoms with Gasteiger partial charge in [-0.1, -0.05) is 18.2 Å². The molecule has 0 amide bonds. The van der Waals surface area contributed by atoms with E-state index >= 15 is 0 Å². The van der Waals surface area contributed by atoms with Crippen LogP contribution in [0.5, 0.6) is 0 Å². The summed E-state index contributed by atoms with van der Waals surface area (Å²) >= 11 is 0. The van der Waals surface area contributed by atoms with Crippen molar-refractivity contribution in [3.8, 4) is 0 Å². The van der Waals surface area contributed by atoms with Crippen LogP contribution < -0.4 is 15.5 Å². The molecule has 1 aromatic rings. The minimum absolute atomic E-state index is 0.445. The Kier molecular flexibility index (Phi) is 7.03. The van der Waals surface area contributed by atoms with Gasteiger partial charge < -0.3 is 20.3 Å². The fourth-order valence-corrected chi connectivity index (χ4v) is 2.66. The minimum atomic E-state index is 0.445. The van der Waals surface area contributed by atoms with Crippen LogP contribution in [0.3, 0.4) is 0 Å². The van der Waals surface area contributed by atoms with Crippen molar-refractivity contribution in [1.29, 1.82) is 0 Å². The van der Waals surface area contributed by atoms with Crippen LogP contribution in [0.25, 0.3) is 0 Å². The molecule has 2 rings (SSSR count). The molecule has 22 heavy (non-hydrogen) atoms. The van der Waals surface area contributed by atoms with Gasteiger partial charge in [0.1, 0.15) is 0 Å². The van der Waals surface area contributed by atoms with Crippen LogP contribution in [-0.2, 0) is 4.74 Å². The standard InChI is InChI=1S/C17H28N4O/c1-3-18-17(19-11-7-13-22-2)20-15-10-12-21(14-15)16-8-5-4-6-9-16/h4-6,8-9,15H,3,7,10-14H2,1-2H3,(H2,18,19,20). The zero-order valence-electron chi connectivity index (χ0n) is 13.7. The molecule has 0 bridgehead atoms. The molecule has 5 heteroatoms. The summed E-state index contributed by atoms with van der Waals surface area (Å²) in [5.41, 5.74) is 1.30. The highest BCUT2D eigenvalue weighted by Crippen LogP contribution is 2.19. The summed E-state index contributed by atoms with van der Waals surface area (Å²) < 4.78 is 5.06. The molecule has 122 valence electrons. The lowest BCUT2D eigenvalue weighted by Crippen LogP contribution is -2.44. The van der Waals surface area contributed by atoms with Gasteiger partial charge in [0.05, 0.1) is 0 Å². The first-order chi connectivity index (χ1) is 10.8. The molecule has 1 saturated heterocycles. The van der Waals surface area contributed by atoms with E-state index in [9.17, 15) is 0 Å². The number of aliphatic imine (C=N–C) groups is 1. The number of rotatable bonds is 7. The number of ether oxygens (including phenoxy) is 1. The quantitative estimate of drug-likeness (QED) is 0.459. The molecular formula is C17H28N4O. The summed E-state index contributed by atoms with van der Waals surface area (Å²) in [6.07, 6.45) is 2.09. The number of methoxy groups -OCH3 is 1. The largest absolute Gasteiger partial charge is 0.385 e. The summed E-state index contributed by atoms with van der Waals surface area (Å²) in [5.74, 6) is 0.915. The third-order valence-electron chi connectivity index (χ3n) is 3.77. The zero-order chi connectivity index (χ0) is 15.6. The van der Waals surface area contributed by atoms with Gasteiger partial charge in [-0.15, -0.1) is 0 Å². The number of nitrogens with one attached hydrogen (secondary N) is 2. The Hall–Kier alpha value is -1.75. The van der Waals surface area contributed by atoms with Gasteiger partial charge in [-0.3, -0.25) is 4.99 Å². The Labute approximate surface area is 133 Å². The maximum Gasteiger partial charge on any atom is 0.191 e. The average molecular weight is 304 g/mol. The number of nitrogens with zero attached hydrogens (tertiary/aromatic N) is 2. The fourth-order valence-electron chi connectivity index (χ4n) is 2.66. The molecule has 1 fully saturated rings. The van der Waals surface area contributed by atoms with E-state index in [0.29, 0.717) is 6.04 Å². The lowest BCUT2D eigenvalue weighted by Gasteiger charge is -2.20. The second-order valence-electron chi connectivity index (χ2n) is 5.52. The normalized spacial score (nSPS) is 18.5. The lowest BCUT2D eigenvalue weighted by atomic mass is 10.3. The van der Waals surface area contributed by atoms with E-state index < -0.39 is 0 Å². The Morgan fingerprint density at radius 3 is 2.91 bits per heavy atom. The highest BCUT2D eigenvalue weighted by Gasteiger charge is 2.23. The maximum atomic E-state index is 5.06. The maximum absolute atomic E-state index is 5.06. The molecule has 1 heterocycles. The molecular weight excluding hydrogens is 276 g/mol. The predicted molar refractivity (Wildman–Crippen MR) is 92.7 cm³/mol. The predicted octanol–water partition coefficient (Wildman–Crippen LogP) is 1.86. The van der Waals surface area contributed by atoms with Crippen LogP contribution in [0.1, 0.15) is 19.8 Å². The Bertz CT molecular complexity index is 449.